The number of nitrogens with zero attached hydrogens (tertiary/aromatic N) is 1. The predicted molar refractivity (Wildman–Crippen MR) is 121 cm³/mol. The number of hydrogen-bond donors (Lipinski definition) is 1. The zero-order chi connectivity index (χ0) is 22.2. The number of aromatic nitrogens is 1. The summed E-state index contributed by atoms with van der Waals surface area (Å²) in [6.07, 6.45) is 11.8. The van der Waals surface area contributed by atoms with E-state index in [0.717, 1.165) is 61.4 Å². The quantitative estimate of drug-likeness (QED) is 0.369. The number of esters is 1. The first-order valence-corrected chi connectivity index (χ1v) is 12.0. The van der Waals surface area contributed by atoms with E-state index in [1.807, 2.05) is 13.0 Å². The molecule has 1 aliphatic carbocycles. The van der Waals surface area contributed by atoms with E-state index in [-0.39, 0.29) is 17.8 Å². The molecule has 0 bridgehead atoms. The number of carbonyl (C=O) groups is 2. The van der Waals surface area contributed by atoms with Gasteiger partial charge in [0, 0.05) is 12.5 Å². The van der Waals surface area contributed by atoms with Crippen LogP contribution in [0.1, 0.15) is 94.7 Å². The Kier molecular flexibility index (Phi) is 8.73. The lowest BCUT2D eigenvalue weighted by atomic mass is 9.78. The fourth-order valence-corrected chi connectivity index (χ4v) is 5.03. The third-order valence-electron chi connectivity index (χ3n) is 6.86. The molecule has 6 nitrogen and oxygen atoms in total. The monoisotopic (exact) mass is 430 g/mol. The molecule has 1 N–H and O–H groups in total. The Balaban J connectivity index is 1.39. The van der Waals surface area contributed by atoms with Crippen LogP contribution in [0.2, 0.25) is 0 Å². The molecule has 1 aliphatic heterocycles. The lowest BCUT2D eigenvalue weighted by molar-refractivity contribution is -0.142. The van der Waals surface area contributed by atoms with Crippen molar-refractivity contribution >= 4 is 17.6 Å². The van der Waals surface area contributed by atoms with Crippen molar-refractivity contribution < 1.29 is 19.1 Å². The topological polar surface area (TPSA) is 77.5 Å². The van der Waals surface area contributed by atoms with Crippen LogP contribution < -0.4 is 10.1 Å². The van der Waals surface area contributed by atoms with Crippen molar-refractivity contribution in [3.05, 3.63) is 17.3 Å². The van der Waals surface area contributed by atoms with Gasteiger partial charge in [-0.3, -0.25) is 9.59 Å². The van der Waals surface area contributed by atoms with Crippen LogP contribution in [0.25, 0.3) is 0 Å². The van der Waals surface area contributed by atoms with Gasteiger partial charge in [0.2, 0.25) is 11.8 Å². The molecule has 1 aromatic rings. The van der Waals surface area contributed by atoms with Gasteiger partial charge in [-0.1, -0.05) is 45.4 Å². The highest BCUT2D eigenvalue weighted by atomic mass is 16.5. The molecule has 1 unspecified atom stereocenters. The number of unbranched alkanes of at least 4 members (excludes halogenated alkanes) is 2. The summed E-state index contributed by atoms with van der Waals surface area (Å²) in [5, 5.41) is 3.02. The highest BCUT2D eigenvalue weighted by Gasteiger charge is 2.32. The molecule has 0 aromatic carbocycles. The summed E-state index contributed by atoms with van der Waals surface area (Å²) in [6, 6.07) is 1.95. The second-order valence-electron chi connectivity index (χ2n) is 9.21. The summed E-state index contributed by atoms with van der Waals surface area (Å²) >= 11 is 0. The first-order valence-electron chi connectivity index (χ1n) is 12.0. The van der Waals surface area contributed by atoms with Crippen molar-refractivity contribution in [3.63, 3.8) is 0 Å². The largest absolute Gasteiger partial charge is 0.478 e. The van der Waals surface area contributed by atoms with Crippen LogP contribution in [0.15, 0.2) is 6.07 Å². The third kappa shape index (κ3) is 6.44. The molecule has 1 amide bonds. The minimum atomic E-state index is -0.0885. The third-order valence-corrected chi connectivity index (χ3v) is 6.86. The second-order valence-corrected chi connectivity index (χ2v) is 9.21. The zero-order valence-corrected chi connectivity index (χ0v) is 19.4. The first-order chi connectivity index (χ1) is 15.0. The van der Waals surface area contributed by atoms with Crippen molar-refractivity contribution in [1.29, 1.82) is 0 Å². The number of nitrogens with one attached hydrogen (secondary N) is 1. The maximum Gasteiger partial charge on any atom is 0.305 e. The zero-order valence-electron chi connectivity index (χ0n) is 19.4. The minimum Gasteiger partial charge on any atom is -0.478 e. The number of rotatable bonds is 11. The highest BCUT2D eigenvalue weighted by Crippen LogP contribution is 2.39. The average Bonchev–Trinajstić information content (AvgIpc) is 3.09. The molecule has 1 atom stereocenters. The number of pyridine rings is 1. The van der Waals surface area contributed by atoms with Crippen LogP contribution in [-0.2, 0) is 14.3 Å². The van der Waals surface area contributed by atoms with Gasteiger partial charge in [0.1, 0.15) is 0 Å². The Bertz CT molecular complexity index is 756. The molecule has 31 heavy (non-hydrogen) atoms. The molecule has 3 rings (SSSR count). The van der Waals surface area contributed by atoms with E-state index in [9.17, 15) is 9.59 Å². The molecule has 2 heterocycles. The number of methoxy groups -OCH3 is 1. The van der Waals surface area contributed by atoms with Gasteiger partial charge in [-0.2, -0.15) is 0 Å². The molecule has 172 valence electrons. The van der Waals surface area contributed by atoms with Crippen LogP contribution in [0.4, 0.5) is 5.69 Å². The maximum absolute atomic E-state index is 12.5. The van der Waals surface area contributed by atoms with E-state index in [2.05, 4.69) is 17.2 Å². The Morgan fingerprint density at radius 2 is 1.84 bits per heavy atom. The van der Waals surface area contributed by atoms with Crippen molar-refractivity contribution in [2.75, 3.05) is 19.0 Å². The smallest absolute Gasteiger partial charge is 0.305 e. The van der Waals surface area contributed by atoms with E-state index in [1.165, 1.54) is 32.8 Å². The van der Waals surface area contributed by atoms with Crippen LogP contribution in [0.5, 0.6) is 5.88 Å². The lowest BCUT2D eigenvalue weighted by Crippen LogP contribution is -2.18. The molecule has 2 aliphatic rings. The molecule has 1 saturated carbocycles. The van der Waals surface area contributed by atoms with Crippen molar-refractivity contribution in [2.45, 2.75) is 90.4 Å². The fraction of sp³-hybridized carbons (Fsp3) is 0.720. The van der Waals surface area contributed by atoms with Crippen LogP contribution in [0.3, 0.4) is 0 Å². The van der Waals surface area contributed by atoms with Gasteiger partial charge in [-0.25, -0.2) is 4.98 Å². The summed E-state index contributed by atoms with van der Waals surface area (Å²) in [7, 11) is 1.47. The normalized spacial score (nSPS) is 22.7. The number of anilines is 1. The van der Waals surface area contributed by atoms with E-state index < -0.39 is 0 Å². The van der Waals surface area contributed by atoms with E-state index in [4.69, 9.17) is 9.47 Å². The van der Waals surface area contributed by atoms with E-state index >= 15 is 0 Å². The van der Waals surface area contributed by atoms with Crippen LogP contribution in [0, 0.1) is 18.8 Å². The average molecular weight is 431 g/mol. The molecule has 1 aromatic heterocycles. The first kappa shape index (κ1) is 23.6. The van der Waals surface area contributed by atoms with Gasteiger partial charge >= 0.3 is 5.97 Å². The number of hydrogen-bond acceptors (Lipinski definition) is 5. The van der Waals surface area contributed by atoms with Gasteiger partial charge in [-0.15, -0.1) is 0 Å². The lowest BCUT2D eigenvalue weighted by Gasteiger charge is -2.27. The maximum atomic E-state index is 12.5. The van der Waals surface area contributed by atoms with Crippen LogP contribution >= 0.6 is 0 Å². The second kappa shape index (κ2) is 11.5. The molecule has 0 spiro atoms. The molecule has 1 fully saturated rings. The van der Waals surface area contributed by atoms with Crippen LogP contribution in [-0.4, -0.2) is 30.6 Å². The number of amides is 1. The van der Waals surface area contributed by atoms with Gasteiger partial charge < -0.3 is 14.8 Å². The van der Waals surface area contributed by atoms with E-state index in [1.54, 1.807) is 0 Å². The molecule has 0 radical (unpaired) electrons. The van der Waals surface area contributed by atoms with Gasteiger partial charge in [0.25, 0.3) is 0 Å². The number of aryl methyl sites for hydroxylation is 1. The Hall–Kier alpha value is -2.11. The van der Waals surface area contributed by atoms with Crippen molar-refractivity contribution in [2.24, 2.45) is 11.8 Å². The van der Waals surface area contributed by atoms with Crippen molar-refractivity contribution in [1.82, 2.24) is 4.98 Å². The summed E-state index contributed by atoms with van der Waals surface area (Å²) in [5.41, 5.74) is 2.76. The summed E-state index contributed by atoms with van der Waals surface area (Å²) < 4.78 is 10.5. The summed E-state index contributed by atoms with van der Waals surface area (Å²) in [4.78, 5) is 28.4. The number of fused-ring (bicyclic) bond motifs is 1. The summed E-state index contributed by atoms with van der Waals surface area (Å²) in [5.74, 6) is 1.86. The van der Waals surface area contributed by atoms with Gasteiger partial charge in [0.15, 0.2) is 0 Å². The Morgan fingerprint density at radius 1 is 1.13 bits per heavy atom. The highest BCUT2D eigenvalue weighted by molar-refractivity contribution is 6.03. The molecular formula is C25H38N2O4. The minimum absolute atomic E-state index is 0.0732. The van der Waals surface area contributed by atoms with Crippen molar-refractivity contribution in [3.8, 4) is 5.88 Å². The molecule has 6 heteroatoms. The molecule has 0 saturated heterocycles. The Morgan fingerprint density at radius 3 is 2.55 bits per heavy atom. The predicted octanol–water partition coefficient (Wildman–Crippen LogP) is 5.53. The van der Waals surface area contributed by atoms with Gasteiger partial charge in [-0.05, 0) is 50.0 Å². The standard InChI is InChI=1S/C25H38N2O4/c1-4-14-31-22-16-21-20(25(29)27-24(21)17(2)26-22)9-7-5-6-8-18-10-12-19(13-11-18)15-23(28)30-3/h16,18-20H,4-15H2,1-3H3,(H,27,29). The summed E-state index contributed by atoms with van der Waals surface area (Å²) in [6.45, 7) is 4.64. The SMILES string of the molecule is CCCOc1cc2c(c(C)n1)NC(=O)C2CCCCCC1CCC(CC(=O)OC)CC1. The fourth-order valence-electron chi connectivity index (χ4n) is 5.03. The number of ether oxygens (including phenoxy) is 2. The van der Waals surface area contributed by atoms with Gasteiger partial charge in [0.05, 0.1) is 31.0 Å². The van der Waals surface area contributed by atoms with E-state index in [0.29, 0.717) is 24.8 Å². The Labute approximate surface area is 186 Å². The number of carbonyl (C=O) groups excluding carboxylic acids is 2. The molecular weight excluding hydrogens is 392 g/mol.